The summed E-state index contributed by atoms with van der Waals surface area (Å²) in [6.45, 7) is 2.00. The summed E-state index contributed by atoms with van der Waals surface area (Å²) in [5.41, 5.74) is 4.56. The van der Waals surface area contributed by atoms with E-state index in [9.17, 15) is 14.4 Å². The van der Waals surface area contributed by atoms with Crippen molar-refractivity contribution in [3.05, 3.63) is 59.7 Å². The number of hydrogen-bond donors (Lipinski definition) is 3. The molecular formula is C26H30N2O5. The molecule has 2 aromatic rings. The Morgan fingerprint density at radius 1 is 1.03 bits per heavy atom. The molecule has 0 aromatic heterocycles. The fraction of sp³-hybridized carbons (Fsp3) is 0.423. The molecule has 0 radical (unpaired) electrons. The summed E-state index contributed by atoms with van der Waals surface area (Å²) in [7, 11) is 0. The number of alkyl carbamates (subject to hydrolysis) is 1. The van der Waals surface area contributed by atoms with Gasteiger partial charge in [0.1, 0.15) is 12.6 Å². The Morgan fingerprint density at radius 3 is 2.27 bits per heavy atom. The normalized spacial score (nSPS) is 19.9. The van der Waals surface area contributed by atoms with Crippen molar-refractivity contribution in [2.24, 2.45) is 5.92 Å². The van der Waals surface area contributed by atoms with Crippen LogP contribution in [0.3, 0.4) is 0 Å². The first kappa shape index (κ1) is 22.8. The van der Waals surface area contributed by atoms with Crippen LogP contribution in [0.2, 0.25) is 0 Å². The second kappa shape index (κ2) is 10.1. The first-order valence-electron chi connectivity index (χ1n) is 11.6. The molecule has 1 fully saturated rings. The lowest BCUT2D eigenvalue weighted by Gasteiger charge is -2.23. The van der Waals surface area contributed by atoms with Crippen LogP contribution in [-0.2, 0) is 14.3 Å². The van der Waals surface area contributed by atoms with Crippen LogP contribution in [0.15, 0.2) is 48.5 Å². The molecule has 3 N–H and O–H groups in total. The molecule has 2 aliphatic carbocycles. The summed E-state index contributed by atoms with van der Waals surface area (Å²) < 4.78 is 5.56. The van der Waals surface area contributed by atoms with Crippen LogP contribution >= 0.6 is 0 Å². The molecule has 0 spiro atoms. The third-order valence-corrected chi connectivity index (χ3v) is 6.78. The van der Waals surface area contributed by atoms with Crippen molar-refractivity contribution in [1.82, 2.24) is 10.6 Å². The van der Waals surface area contributed by atoms with Crippen LogP contribution in [0.4, 0.5) is 4.79 Å². The van der Waals surface area contributed by atoms with E-state index < -0.39 is 18.1 Å². The summed E-state index contributed by atoms with van der Waals surface area (Å²) in [6.07, 6.45) is 2.25. The Bertz CT molecular complexity index is 991. The van der Waals surface area contributed by atoms with Gasteiger partial charge in [-0.15, -0.1) is 0 Å². The van der Waals surface area contributed by atoms with Crippen molar-refractivity contribution in [2.75, 3.05) is 6.61 Å². The fourth-order valence-electron chi connectivity index (χ4n) is 5.11. The number of hydrogen-bond acceptors (Lipinski definition) is 4. The average Bonchev–Trinajstić information content (AvgIpc) is 3.37. The fourth-order valence-corrected chi connectivity index (χ4v) is 5.11. The van der Waals surface area contributed by atoms with Crippen LogP contribution in [0.5, 0.6) is 0 Å². The summed E-state index contributed by atoms with van der Waals surface area (Å²) in [4.78, 5) is 36.4. The van der Waals surface area contributed by atoms with Gasteiger partial charge in [-0.3, -0.25) is 9.59 Å². The molecule has 0 unspecified atom stereocenters. The number of amides is 2. The Balaban J connectivity index is 1.34. The highest BCUT2D eigenvalue weighted by atomic mass is 16.5. The Morgan fingerprint density at radius 2 is 1.67 bits per heavy atom. The maximum atomic E-state index is 12.8. The minimum atomic E-state index is -0.857. The number of carbonyl (C=O) groups excluding carboxylic acids is 2. The number of fused-ring (bicyclic) bond motifs is 3. The summed E-state index contributed by atoms with van der Waals surface area (Å²) in [5.74, 6) is -1.27. The zero-order valence-electron chi connectivity index (χ0n) is 18.8. The quantitative estimate of drug-likeness (QED) is 0.563. The molecule has 1 saturated carbocycles. The molecule has 174 valence electrons. The molecule has 2 amide bonds. The number of carbonyl (C=O) groups is 3. The minimum absolute atomic E-state index is 0.0432. The van der Waals surface area contributed by atoms with Crippen molar-refractivity contribution in [3.63, 3.8) is 0 Å². The highest BCUT2D eigenvalue weighted by molar-refractivity contribution is 5.86. The third-order valence-electron chi connectivity index (χ3n) is 6.78. The lowest BCUT2D eigenvalue weighted by molar-refractivity contribution is -0.138. The number of ether oxygens (including phenoxy) is 1. The zero-order valence-corrected chi connectivity index (χ0v) is 18.8. The van der Waals surface area contributed by atoms with Crippen molar-refractivity contribution in [3.8, 4) is 11.1 Å². The van der Waals surface area contributed by atoms with Crippen LogP contribution in [0.25, 0.3) is 11.1 Å². The predicted octanol–water partition coefficient (Wildman–Crippen LogP) is 4.06. The number of carboxylic acid groups (broad SMARTS) is 1. The number of carboxylic acids is 1. The molecule has 0 heterocycles. The van der Waals surface area contributed by atoms with E-state index >= 15 is 0 Å². The second-order valence-electron chi connectivity index (χ2n) is 8.83. The summed E-state index contributed by atoms with van der Waals surface area (Å²) >= 11 is 0. The van der Waals surface area contributed by atoms with Gasteiger partial charge in [-0.1, -0.05) is 61.9 Å². The van der Waals surface area contributed by atoms with Gasteiger partial charge in [0.2, 0.25) is 5.91 Å². The molecule has 2 aromatic carbocycles. The van der Waals surface area contributed by atoms with E-state index in [0.717, 1.165) is 41.5 Å². The van der Waals surface area contributed by atoms with E-state index in [0.29, 0.717) is 6.42 Å². The molecule has 2 aliphatic rings. The molecule has 7 heteroatoms. The molecule has 0 bridgehead atoms. The largest absolute Gasteiger partial charge is 0.481 e. The van der Waals surface area contributed by atoms with E-state index in [1.807, 2.05) is 31.2 Å². The zero-order chi connectivity index (χ0) is 23.4. The van der Waals surface area contributed by atoms with Gasteiger partial charge in [-0.2, -0.15) is 0 Å². The van der Waals surface area contributed by atoms with E-state index in [1.165, 1.54) is 0 Å². The van der Waals surface area contributed by atoms with Gasteiger partial charge in [0.25, 0.3) is 0 Å². The van der Waals surface area contributed by atoms with E-state index in [1.54, 1.807) is 0 Å². The van der Waals surface area contributed by atoms with Crippen molar-refractivity contribution < 1.29 is 24.2 Å². The molecular weight excluding hydrogens is 420 g/mol. The lowest BCUT2D eigenvalue weighted by atomic mass is 9.98. The van der Waals surface area contributed by atoms with Crippen LogP contribution in [-0.4, -0.2) is 41.8 Å². The smallest absolute Gasteiger partial charge is 0.407 e. The molecule has 0 aliphatic heterocycles. The second-order valence-corrected chi connectivity index (χ2v) is 8.83. The summed E-state index contributed by atoms with van der Waals surface area (Å²) in [6, 6.07) is 15.3. The summed E-state index contributed by atoms with van der Waals surface area (Å²) in [5, 5.41) is 14.7. The first-order chi connectivity index (χ1) is 16.0. The molecule has 3 atom stereocenters. The van der Waals surface area contributed by atoms with Crippen molar-refractivity contribution in [2.45, 2.75) is 57.0 Å². The van der Waals surface area contributed by atoms with Gasteiger partial charge in [-0.05, 0) is 47.4 Å². The molecule has 33 heavy (non-hydrogen) atoms. The highest BCUT2D eigenvalue weighted by Gasteiger charge is 2.33. The lowest BCUT2D eigenvalue weighted by Crippen LogP contribution is -2.50. The number of aliphatic carboxylic acids is 1. The van der Waals surface area contributed by atoms with Gasteiger partial charge in [0, 0.05) is 12.0 Å². The first-order valence-corrected chi connectivity index (χ1v) is 11.6. The van der Waals surface area contributed by atoms with Gasteiger partial charge < -0.3 is 20.5 Å². The average molecular weight is 451 g/mol. The number of benzene rings is 2. The number of nitrogens with one attached hydrogen (secondary N) is 2. The van der Waals surface area contributed by atoms with E-state index in [-0.39, 0.29) is 36.8 Å². The van der Waals surface area contributed by atoms with Crippen molar-refractivity contribution in [1.29, 1.82) is 0 Å². The SMILES string of the molecule is CC[C@@H](NC(=O)OCC1c2ccccc2-c2ccccc21)C(=O)N[C@@H]1CCC[C@H]1CC(=O)O. The van der Waals surface area contributed by atoms with Gasteiger partial charge in [-0.25, -0.2) is 4.79 Å². The highest BCUT2D eigenvalue weighted by Crippen LogP contribution is 2.44. The minimum Gasteiger partial charge on any atom is -0.481 e. The maximum Gasteiger partial charge on any atom is 0.407 e. The maximum absolute atomic E-state index is 12.8. The molecule has 4 rings (SSSR count). The van der Waals surface area contributed by atoms with Crippen LogP contribution in [0, 0.1) is 5.92 Å². The predicted molar refractivity (Wildman–Crippen MR) is 124 cm³/mol. The monoisotopic (exact) mass is 450 g/mol. The van der Waals surface area contributed by atoms with Crippen LogP contribution < -0.4 is 10.6 Å². The van der Waals surface area contributed by atoms with E-state index in [2.05, 4.69) is 34.9 Å². The Labute approximate surface area is 193 Å². The number of rotatable bonds is 8. The van der Waals surface area contributed by atoms with Crippen molar-refractivity contribution >= 4 is 18.0 Å². The Hall–Kier alpha value is -3.35. The van der Waals surface area contributed by atoms with Gasteiger partial charge in [0.05, 0.1) is 6.42 Å². The van der Waals surface area contributed by atoms with Gasteiger partial charge in [0.15, 0.2) is 0 Å². The standard InChI is InChI=1S/C26H30N2O5/c1-2-22(25(31)27-23-13-7-8-16(23)14-24(29)30)28-26(32)33-15-21-19-11-5-3-9-17(19)18-10-4-6-12-20(18)21/h3-6,9-12,16,21-23H,2,7-8,13-15H2,1H3,(H,27,31)(H,28,32)(H,29,30)/t16-,22+,23+/m0/s1. The molecule has 0 saturated heterocycles. The van der Waals surface area contributed by atoms with E-state index in [4.69, 9.17) is 9.84 Å². The third kappa shape index (κ3) is 5.02. The van der Waals surface area contributed by atoms with Gasteiger partial charge >= 0.3 is 12.1 Å². The topological polar surface area (TPSA) is 105 Å². The Kier molecular flexibility index (Phi) is 6.96. The molecule has 7 nitrogen and oxygen atoms in total. The van der Waals surface area contributed by atoms with Crippen LogP contribution in [0.1, 0.15) is 56.1 Å².